The Morgan fingerprint density at radius 3 is 2.81 bits per heavy atom. The number of ketones is 1. The molecule has 0 aromatic heterocycles. The van der Waals surface area contributed by atoms with Crippen molar-refractivity contribution >= 4 is 17.5 Å². The predicted octanol–water partition coefficient (Wildman–Crippen LogP) is 4.01. The summed E-state index contributed by atoms with van der Waals surface area (Å²) in [6.45, 7) is 0.533. The first-order valence-corrected chi connectivity index (χ1v) is 8.02. The Kier molecular flexibility index (Phi) is 3.08. The van der Waals surface area contributed by atoms with E-state index in [9.17, 15) is 4.79 Å². The van der Waals surface area contributed by atoms with Crippen LogP contribution in [0.4, 0.5) is 0 Å². The maximum Gasteiger partial charge on any atom is 0.198 e. The van der Waals surface area contributed by atoms with Crippen LogP contribution in [0.15, 0.2) is 53.4 Å². The van der Waals surface area contributed by atoms with Crippen molar-refractivity contribution in [1.29, 1.82) is 0 Å². The smallest absolute Gasteiger partial charge is 0.198 e. The maximum atomic E-state index is 13.0. The molecule has 2 aliphatic heterocycles. The fraction of sp³-hybridized carbons (Fsp3) is 0.167. The summed E-state index contributed by atoms with van der Waals surface area (Å²) in [4.78, 5) is 14.1. The summed E-state index contributed by atoms with van der Waals surface area (Å²) in [5, 5.41) is 0. The van der Waals surface area contributed by atoms with Crippen molar-refractivity contribution in [2.75, 3.05) is 6.61 Å². The van der Waals surface area contributed by atoms with Gasteiger partial charge in [0.2, 0.25) is 0 Å². The minimum Gasteiger partial charge on any atom is -0.488 e. The molecule has 0 unspecified atom stereocenters. The molecular weight excluding hydrogens is 280 g/mol. The van der Waals surface area contributed by atoms with E-state index in [1.54, 1.807) is 11.8 Å². The van der Waals surface area contributed by atoms with Gasteiger partial charge < -0.3 is 4.74 Å². The molecule has 2 aliphatic rings. The van der Waals surface area contributed by atoms with Gasteiger partial charge in [0.1, 0.15) is 12.4 Å². The zero-order valence-corrected chi connectivity index (χ0v) is 12.3. The molecule has 2 nitrogen and oxygen atoms in total. The average molecular weight is 294 g/mol. The predicted molar refractivity (Wildman–Crippen MR) is 84.2 cm³/mol. The van der Waals surface area contributed by atoms with E-state index in [1.807, 2.05) is 30.3 Å². The van der Waals surface area contributed by atoms with E-state index in [4.69, 9.17) is 4.74 Å². The molecule has 0 aliphatic carbocycles. The second kappa shape index (κ2) is 5.08. The van der Waals surface area contributed by atoms with Gasteiger partial charge in [-0.1, -0.05) is 36.4 Å². The van der Waals surface area contributed by atoms with Crippen molar-refractivity contribution in [1.82, 2.24) is 0 Å². The number of allylic oxidation sites excluding steroid dienone is 1. The number of hydrogen-bond donors (Lipinski definition) is 0. The lowest BCUT2D eigenvalue weighted by Crippen LogP contribution is -2.09. The van der Waals surface area contributed by atoms with Gasteiger partial charge in [-0.3, -0.25) is 4.79 Å². The summed E-state index contributed by atoms with van der Waals surface area (Å²) in [5.74, 6) is 1.67. The van der Waals surface area contributed by atoms with Gasteiger partial charge in [0, 0.05) is 16.2 Å². The number of ether oxygens (including phenoxy) is 1. The zero-order valence-electron chi connectivity index (χ0n) is 11.5. The van der Waals surface area contributed by atoms with Crippen LogP contribution in [0.2, 0.25) is 0 Å². The van der Waals surface area contributed by atoms with E-state index < -0.39 is 0 Å². The Morgan fingerprint density at radius 2 is 1.86 bits per heavy atom. The van der Waals surface area contributed by atoms with Crippen LogP contribution in [0.25, 0.3) is 0 Å². The van der Waals surface area contributed by atoms with Crippen LogP contribution in [0, 0.1) is 0 Å². The van der Waals surface area contributed by atoms with Crippen molar-refractivity contribution in [2.45, 2.75) is 17.1 Å². The molecule has 4 rings (SSSR count). The fourth-order valence-electron chi connectivity index (χ4n) is 2.84. The van der Waals surface area contributed by atoms with Gasteiger partial charge in [-0.05, 0) is 29.7 Å². The minimum atomic E-state index is 0.0874. The summed E-state index contributed by atoms with van der Waals surface area (Å²) < 4.78 is 5.87. The lowest BCUT2D eigenvalue weighted by atomic mass is 9.94. The summed E-state index contributed by atoms with van der Waals surface area (Å²) in [6.07, 6.45) is 4.93. The molecule has 0 saturated heterocycles. The van der Waals surface area contributed by atoms with Crippen molar-refractivity contribution in [3.8, 4) is 5.75 Å². The lowest BCUT2D eigenvalue weighted by Gasteiger charge is -2.14. The second-order valence-electron chi connectivity index (χ2n) is 5.19. The number of carbonyl (C=O) groups excluding carboxylic acids is 1. The van der Waals surface area contributed by atoms with Crippen LogP contribution in [0.1, 0.15) is 27.0 Å². The molecule has 21 heavy (non-hydrogen) atoms. The van der Waals surface area contributed by atoms with Gasteiger partial charge in [0.15, 0.2) is 5.78 Å². The summed E-state index contributed by atoms with van der Waals surface area (Å²) in [6, 6.07) is 12.0. The highest BCUT2D eigenvalue weighted by molar-refractivity contribution is 7.98. The zero-order chi connectivity index (χ0) is 14.2. The minimum absolute atomic E-state index is 0.0874. The molecule has 0 fully saturated rings. The third kappa shape index (κ3) is 2.09. The number of thioether (sulfide) groups is 1. The molecule has 104 valence electrons. The van der Waals surface area contributed by atoms with Crippen LogP contribution < -0.4 is 4.74 Å². The highest BCUT2D eigenvalue weighted by Gasteiger charge is 2.26. The topological polar surface area (TPSA) is 26.3 Å². The number of carbonyl (C=O) groups is 1. The van der Waals surface area contributed by atoms with Crippen molar-refractivity contribution in [3.05, 3.63) is 70.8 Å². The molecule has 2 aromatic rings. The van der Waals surface area contributed by atoms with E-state index in [1.165, 1.54) is 0 Å². The first-order chi connectivity index (χ1) is 10.3. The van der Waals surface area contributed by atoms with Crippen molar-refractivity contribution in [2.24, 2.45) is 0 Å². The van der Waals surface area contributed by atoms with Gasteiger partial charge in [-0.2, -0.15) is 0 Å². The van der Waals surface area contributed by atoms with E-state index >= 15 is 0 Å². The number of hydrogen-bond acceptors (Lipinski definition) is 3. The van der Waals surface area contributed by atoms with Crippen LogP contribution in [0.3, 0.4) is 0 Å². The highest BCUT2D eigenvalue weighted by Crippen LogP contribution is 2.39. The molecule has 2 heterocycles. The standard InChI is InChI=1S/C18H14O2S/c19-17-14-6-1-2-7-15(14)21-11-13-9-8-12-5-3-4-10-20-18(12)16(13)17/h1-4,6-9H,5,10-11H2. The molecule has 0 amide bonds. The fourth-order valence-corrected chi connectivity index (χ4v) is 3.88. The maximum absolute atomic E-state index is 13.0. The monoisotopic (exact) mass is 294 g/mol. The van der Waals surface area contributed by atoms with Crippen LogP contribution in [0.5, 0.6) is 5.75 Å². The lowest BCUT2D eigenvalue weighted by molar-refractivity contribution is 0.103. The number of rotatable bonds is 0. The number of benzene rings is 2. The highest BCUT2D eigenvalue weighted by atomic mass is 32.2. The van der Waals surface area contributed by atoms with Crippen LogP contribution in [-0.4, -0.2) is 12.4 Å². The van der Waals surface area contributed by atoms with Gasteiger partial charge in [0.05, 0.1) is 5.56 Å². The molecule has 0 radical (unpaired) electrons. The normalized spacial score (nSPS) is 16.1. The molecule has 3 heteroatoms. The van der Waals surface area contributed by atoms with E-state index in [0.29, 0.717) is 6.61 Å². The number of fused-ring (bicyclic) bond motifs is 4. The molecule has 0 N–H and O–H groups in total. The summed E-state index contributed by atoms with van der Waals surface area (Å²) in [7, 11) is 0. The first kappa shape index (κ1) is 12.7. The third-order valence-electron chi connectivity index (χ3n) is 3.90. The molecule has 2 aromatic carbocycles. The first-order valence-electron chi connectivity index (χ1n) is 7.03. The molecule has 0 spiro atoms. The Bertz CT molecular complexity index is 762. The van der Waals surface area contributed by atoms with Crippen LogP contribution >= 0.6 is 11.8 Å². The molecule has 0 atom stereocenters. The van der Waals surface area contributed by atoms with Crippen molar-refractivity contribution < 1.29 is 9.53 Å². The van der Waals surface area contributed by atoms with E-state index in [-0.39, 0.29) is 5.78 Å². The van der Waals surface area contributed by atoms with Gasteiger partial charge in [0.25, 0.3) is 0 Å². The molecule has 0 saturated carbocycles. The summed E-state index contributed by atoms with van der Waals surface area (Å²) >= 11 is 1.72. The Hall–Kier alpha value is -2.00. The quantitative estimate of drug-likeness (QED) is 0.687. The molecular formula is C18H14O2S. The SMILES string of the molecule is O=C1c2ccccc2SCc2ccc3c(c21)OCC=CC3. The Balaban J connectivity index is 1.94. The second-order valence-corrected chi connectivity index (χ2v) is 6.21. The van der Waals surface area contributed by atoms with Crippen molar-refractivity contribution in [3.63, 3.8) is 0 Å². The Morgan fingerprint density at radius 1 is 1.00 bits per heavy atom. The Labute approximate surface area is 127 Å². The largest absolute Gasteiger partial charge is 0.488 e. The summed E-state index contributed by atoms with van der Waals surface area (Å²) in [5.41, 5.74) is 3.71. The van der Waals surface area contributed by atoms with E-state index in [2.05, 4.69) is 18.2 Å². The van der Waals surface area contributed by atoms with Crippen LogP contribution in [-0.2, 0) is 12.2 Å². The third-order valence-corrected chi connectivity index (χ3v) is 5.02. The van der Waals surface area contributed by atoms with Gasteiger partial charge in [-0.15, -0.1) is 11.8 Å². The molecule has 0 bridgehead atoms. The average Bonchev–Trinajstić information content (AvgIpc) is 2.83. The van der Waals surface area contributed by atoms with E-state index in [0.717, 1.165) is 45.1 Å². The van der Waals surface area contributed by atoms with Gasteiger partial charge in [-0.25, -0.2) is 0 Å². The van der Waals surface area contributed by atoms with Gasteiger partial charge >= 0.3 is 0 Å².